The third kappa shape index (κ3) is 42.3. The minimum Gasteiger partial charge on any atom is -0.462 e. The van der Waals surface area contributed by atoms with Gasteiger partial charge in [0.1, 0.15) is 6.10 Å². The van der Waals surface area contributed by atoms with Crippen molar-refractivity contribution in [3.8, 4) is 0 Å². The number of hydrogen-bond donors (Lipinski definition) is 3. The average Bonchev–Trinajstić information content (AvgIpc) is 3.24. The van der Waals surface area contributed by atoms with Crippen LogP contribution in [0.2, 0.25) is 0 Å². The molecule has 0 spiro atoms. The second-order valence-corrected chi connectivity index (χ2v) is 17.2. The highest BCUT2D eigenvalue weighted by atomic mass is 16.5. The number of esters is 1. The van der Waals surface area contributed by atoms with Gasteiger partial charge in [0.2, 0.25) is 5.91 Å². The van der Waals surface area contributed by atoms with Crippen molar-refractivity contribution in [2.45, 2.75) is 264 Å². The average molecular weight is 840 g/mol. The van der Waals surface area contributed by atoms with Crippen molar-refractivity contribution in [1.82, 2.24) is 5.32 Å². The molecule has 0 aliphatic heterocycles. The van der Waals surface area contributed by atoms with Crippen molar-refractivity contribution in [2.24, 2.45) is 0 Å². The number of carbonyl (C=O) groups excluding carboxylic acids is 2. The molecule has 60 heavy (non-hydrogen) atoms. The molecule has 1 amide bonds. The highest BCUT2D eigenvalue weighted by Crippen LogP contribution is 2.17. The van der Waals surface area contributed by atoms with E-state index in [2.05, 4.69) is 86.8 Å². The molecule has 6 heteroatoms. The van der Waals surface area contributed by atoms with Crippen molar-refractivity contribution >= 4 is 11.9 Å². The lowest BCUT2D eigenvalue weighted by Crippen LogP contribution is -2.46. The Bertz CT molecular complexity index is 1080. The fourth-order valence-electron chi connectivity index (χ4n) is 7.54. The smallest absolute Gasteiger partial charge is 0.306 e. The summed E-state index contributed by atoms with van der Waals surface area (Å²) in [7, 11) is 0. The second kappa shape index (κ2) is 47.6. The van der Waals surface area contributed by atoms with Gasteiger partial charge in [0, 0.05) is 6.42 Å². The summed E-state index contributed by atoms with van der Waals surface area (Å²) < 4.78 is 5.90. The molecule has 0 aliphatic rings. The first-order valence-electron chi connectivity index (χ1n) is 25.5. The van der Waals surface area contributed by atoms with E-state index < -0.39 is 18.2 Å². The Balaban J connectivity index is 4.58. The molecule has 3 N–H and O–H groups in total. The zero-order valence-corrected chi connectivity index (χ0v) is 39.6. The molecular formula is C54H97NO5. The molecule has 0 bridgehead atoms. The van der Waals surface area contributed by atoms with E-state index in [-0.39, 0.29) is 24.9 Å². The summed E-state index contributed by atoms with van der Waals surface area (Å²) in [6.07, 6.45) is 58.6. The number of rotatable bonds is 45. The van der Waals surface area contributed by atoms with Gasteiger partial charge < -0.3 is 20.3 Å². The van der Waals surface area contributed by atoms with Crippen LogP contribution in [0.5, 0.6) is 0 Å². The van der Waals surface area contributed by atoms with Crippen LogP contribution in [-0.4, -0.2) is 46.9 Å². The Kier molecular flexibility index (Phi) is 45.7. The number of aliphatic hydroxyl groups excluding tert-OH is 2. The van der Waals surface area contributed by atoms with Gasteiger partial charge in [-0.05, 0) is 83.5 Å². The maximum atomic E-state index is 13.2. The quantitative estimate of drug-likeness (QED) is 0.0322. The highest BCUT2D eigenvalue weighted by Gasteiger charge is 2.24. The van der Waals surface area contributed by atoms with E-state index in [1.165, 1.54) is 103 Å². The van der Waals surface area contributed by atoms with Crippen LogP contribution in [0.15, 0.2) is 60.8 Å². The molecule has 0 saturated carbocycles. The number of aliphatic hydroxyl groups is 2. The highest BCUT2D eigenvalue weighted by molar-refractivity contribution is 5.77. The number of hydrogen-bond acceptors (Lipinski definition) is 5. The monoisotopic (exact) mass is 840 g/mol. The molecule has 0 radical (unpaired) electrons. The van der Waals surface area contributed by atoms with Crippen LogP contribution in [0, 0.1) is 0 Å². The van der Waals surface area contributed by atoms with Crippen molar-refractivity contribution in [1.29, 1.82) is 0 Å². The van der Waals surface area contributed by atoms with Gasteiger partial charge in [-0.1, -0.05) is 210 Å². The van der Waals surface area contributed by atoms with Gasteiger partial charge in [0.15, 0.2) is 0 Å². The largest absolute Gasteiger partial charge is 0.462 e. The molecule has 0 fully saturated rings. The van der Waals surface area contributed by atoms with E-state index in [1.54, 1.807) is 0 Å². The molecule has 348 valence electrons. The van der Waals surface area contributed by atoms with Crippen molar-refractivity contribution in [3.05, 3.63) is 60.8 Å². The normalized spacial score (nSPS) is 13.8. The van der Waals surface area contributed by atoms with Gasteiger partial charge in [-0.15, -0.1) is 0 Å². The summed E-state index contributed by atoms with van der Waals surface area (Å²) in [5, 5.41) is 23.8. The predicted molar refractivity (Wildman–Crippen MR) is 259 cm³/mol. The number of unbranched alkanes of at least 4 members (excludes halogenated alkanes) is 23. The lowest BCUT2D eigenvalue weighted by molar-refractivity contribution is -0.151. The third-order valence-corrected chi connectivity index (χ3v) is 11.3. The molecule has 0 aromatic rings. The van der Waals surface area contributed by atoms with E-state index >= 15 is 0 Å². The maximum Gasteiger partial charge on any atom is 0.306 e. The molecule has 0 heterocycles. The molecular weight excluding hydrogens is 743 g/mol. The molecule has 3 atom stereocenters. The van der Waals surface area contributed by atoms with Gasteiger partial charge in [0.05, 0.1) is 25.2 Å². The second-order valence-electron chi connectivity index (χ2n) is 17.2. The van der Waals surface area contributed by atoms with Gasteiger partial charge in [-0.3, -0.25) is 9.59 Å². The van der Waals surface area contributed by atoms with E-state index in [0.717, 1.165) is 96.3 Å². The van der Waals surface area contributed by atoms with Crippen LogP contribution >= 0.6 is 0 Å². The third-order valence-electron chi connectivity index (χ3n) is 11.3. The van der Waals surface area contributed by atoms with E-state index in [4.69, 9.17) is 4.74 Å². The Hall–Kier alpha value is -2.44. The fraction of sp³-hybridized carbons (Fsp3) is 0.778. The van der Waals surface area contributed by atoms with Gasteiger partial charge in [0.25, 0.3) is 0 Å². The molecule has 3 unspecified atom stereocenters. The van der Waals surface area contributed by atoms with Crippen LogP contribution in [0.3, 0.4) is 0 Å². The minimum absolute atomic E-state index is 0.0473. The summed E-state index contributed by atoms with van der Waals surface area (Å²) in [6.45, 7) is 6.26. The fourth-order valence-corrected chi connectivity index (χ4v) is 7.54. The first kappa shape index (κ1) is 57.6. The molecule has 0 aliphatic carbocycles. The zero-order valence-electron chi connectivity index (χ0n) is 39.6. The van der Waals surface area contributed by atoms with Crippen LogP contribution < -0.4 is 5.32 Å². The summed E-state index contributed by atoms with van der Waals surface area (Å²) in [5.74, 6) is -0.521. The standard InChI is InChI=1S/C54H97NO5/c1-4-7-10-13-16-19-22-25-27-28-31-34-37-40-43-46-52(57)51(49-56)55-53(58)48-50(45-42-39-36-33-30-24-21-18-15-12-9-6-3)60-54(59)47-44-41-38-35-32-29-26-23-20-17-14-11-8-5-2/h8-9,11-12,17-18,20-21,30,33,50-52,56-57H,4-7,10,13-16,19,22-29,31-32,34-49H2,1-3H3,(H,55,58)/b11-8+,12-9+,20-17+,21-18+,33-30+. The van der Waals surface area contributed by atoms with Gasteiger partial charge >= 0.3 is 5.97 Å². The molecule has 0 aromatic heterocycles. The molecule has 0 rings (SSSR count). The Morgan fingerprint density at radius 3 is 1.38 bits per heavy atom. The van der Waals surface area contributed by atoms with Crippen molar-refractivity contribution in [2.75, 3.05) is 6.61 Å². The zero-order chi connectivity index (χ0) is 43.8. The number of ether oxygens (including phenoxy) is 1. The molecule has 0 aromatic carbocycles. The van der Waals surface area contributed by atoms with Gasteiger partial charge in [-0.2, -0.15) is 0 Å². The first-order valence-corrected chi connectivity index (χ1v) is 25.5. The Labute approximate surface area is 371 Å². The van der Waals surface area contributed by atoms with E-state index in [1.807, 2.05) is 0 Å². The van der Waals surface area contributed by atoms with E-state index in [9.17, 15) is 19.8 Å². The number of allylic oxidation sites excluding steroid dienone is 10. The minimum atomic E-state index is -0.800. The van der Waals surface area contributed by atoms with Crippen molar-refractivity contribution < 1.29 is 24.5 Å². The number of amides is 1. The van der Waals surface area contributed by atoms with Crippen LogP contribution in [0.1, 0.15) is 245 Å². The van der Waals surface area contributed by atoms with Crippen molar-refractivity contribution in [3.63, 3.8) is 0 Å². The van der Waals surface area contributed by atoms with Gasteiger partial charge in [-0.25, -0.2) is 0 Å². The first-order chi connectivity index (χ1) is 29.5. The van der Waals surface area contributed by atoms with Crippen LogP contribution in [0.4, 0.5) is 0 Å². The van der Waals surface area contributed by atoms with Crippen LogP contribution in [-0.2, 0) is 14.3 Å². The number of carbonyl (C=O) groups is 2. The summed E-state index contributed by atoms with van der Waals surface area (Å²) in [5.41, 5.74) is 0. The topological polar surface area (TPSA) is 95.9 Å². The summed E-state index contributed by atoms with van der Waals surface area (Å²) >= 11 is 0. The van der Waals surface area contributed by atoms with E-state index in [0.29, 0.717) is 19.3 Å². The maximum absolute atomic E-state index is 13.2. The number of nitrogens with one attached hydrogen (secondary N) is 1. The lowest BCUT2D eigenvalue weighted by Gasteiger charge is -2.24. The Morgan fingerprint density at radius 2 is 0.900 bits per heavy atom. The molecule has 0 saturated heterocycles. The molecule has 6 nitrogen and oxygen atoms in total. The summed E-state index contributed by atoms with van der Waals surface area (Å²) in [6, 6.07) is -0.716. The SMILES string of the molecule is CC/C=C/C/C=C/C/C=C/CCCCC(CC(=O)NC(CO)C(O)CCCCCCCCCCCCCCCCC)OC(=O)CCCCCCCCC/C=C/C/C=C/CC. The predicted octanol–water partition coefficient (Wildman–Crippen LogP) is 15.2. The Morgan fingerprint density at radius 1 is 0.500 bits per heavy atom. The lowest BCUT2D eigenvalue weighted by atomic mass is 10.0. The summed E-state index contributed by atoms with van der Waals surface area (Å²) in [4.78, 5) is 26.1. The van der Waals surface area contributed by atoms with Crippen LogP contribution in [0.25, 0.3) is 0 Å².